The third-order valence-electron chi connectivity index (χ3n) is 7.15. The number of halogens is 1. The highest BCUT2D eigenvalue weighted by molar-refractivity contribution is 7.07. The number of ether oxygens (including phenoxy) is 3. The van der Waals surface area contributed by atoms with Gasteiger partial charge in [0.1, 0.15) is 0 Å². The molecule has 2 aliphatic rings. The van der Waals surface area contributed by atoms with Crippen molar-refractivity contribution < 1.29 is 19.0 Å². The molecular formula is C31H25ClN2O5S. The Morgan fingerprint density at radius 2 is 1.88 bits per heavy atom. The van der Waals surface area contributed by atoms with Gasteiger partial charge in [-0.1, -0.05) is 77.5 Å². The number of hydrogen-bond donors (Lipinski definition) is 0. The van der Waals surface area contributed by atoms with Crippen LogP contribution in [-0.4, -0.2) is 31.4 Å². The normalized spacial score (nSPS) is 16.0. The zero-order valence-corrected chi connectivity index (χ0v) is 23.4. The van der Waals surface area contributed by atoms with Crippen LogP contribution in [0, 0.1) is 0 Å². The number of carbonyl (C=O) groups is 1. The van der Waals surface area contributed by atoms with Gasteiger partial charge in [-0.15, -0.1) is 0 Å². The van der Waals surface area contributed by atoms with Crippen molar-refractivity contribution >= 4 is 40.7 Å². The number of nitrogens with zero attached hydrogens (tertiary/aromatic N) is 2. The highest BCUT2D eigenvalue weighted by Crippen LogP contribution is 2.42. The van der Waals surface area contributed by atoms with E-state index in [0.717, 1.165) is 35.2 Å². The maximum atomic E-state index is 14.1. The van der Waals surface area contributed by atoms with Crippen molar-refractivity contribution in [3.63, 3.8) is 0 Å². The molecule has 1 aromatic heterocycles. The third-order valence-corrected chi connectivity index (χ3v) is 8.48. The molecule has 1 aliphatic heterocycles. The molecule has 1 atom stereocenters. The van der Waals surface area contributed by atoms with Crippen LogP contribution < -0.4 is 24.4 Å². The number of aryl methyl sites for hydroxylation is 1. The van der Waals surface area contributed by atoms with Crippen LogP contribution in [-0.2, 0) is 16.0 Å². The summed E-state index contributed by atoms with van der Waals surface area (Å²) in [5.41, 5.74) is 5.59. The van der Waals surface area contributed by atoms with E-state index in [-0.39, 0.29) is 18.2 Å². The van der Waals surface area contributed by atoms with E-state index in [1.807, 2.05) is 36.4 Å². The Morgan fingerprint density at radius 1 is 1.07 bits per heavy atom. The Hall–Kier alpha value is -4.14. The minimum absolute atomic E-state index is 0.180. The van der Waals surface area contributed by atoms with E-state index in [1.165, 1.54) is 31.1 Å². The quantitative estimate of drug-likeness (QED) is 0.317. The van der Waals surface area contributed by atoms with E-state index < -0.39 is 5.97 Å². The molecular weight excluding hydrogens is 548 g/mol. The lowest BCUT2D eigenvalue weighted by molar-refractivity contribution is -0.142. The number of rotatable bonds is 6. The third kappa shape index (κ3) is 4.53. The Kier molecular flexibility index (Phi) is 7.04. The zero-order valence-electron chi connectivity index (χ0n) is 21.8. The molecule has 6 rings (SSSR count). The molecule has 1 unspecified atom stereocenters. The van der Waals surface area contributed by atoms with Crippen LogP contribution in [0.5, 0.6) is 11.5 Å². The van der Waals surface area contributed by atoms with Crippen LogP contribution in [0.3, 0.4) is 0 Å². The summed E-state index contributed by atoms with van der Waals surface area (Å²) in [4.78, 5) is 31.5. The van der Waals surface area contributed by atoms with Crippen LogP contribution in [0.2, 0.25) is 5.02 Å². The molecule has 9 heteroatoms. The highest BCUT2D eigenvalue weighted by atomic mass is 35.5. The number of para-hydroxylation sites is 1. The number of thiazole rings is 1. The number of carbonyl (C=O) groups excluding carboxylic acids is 1. The molecule has 1 aliphatic carbocycles. The van der Waals surface area contributed by atoms with Gasteiger partial charge in [0.05, 0.1) is 30.5 Å². The first-order valence-corrected chi connectivity index (χ1v) is 13.9. The van der Waals surface area contributed by atoms with Gasteiger partial charge in [-0.3, -0.25) is 9.36 Å². The average Bonchev–Trinajstić information content (AvgIpc) is 3.29. The van der Waals surface area contributed by atoms with E-state index in [2.05, 4.69) is 12.1 Å². The van der Waals surface area contributed by atoms with E-state index in [1.54, 1.807) is 28.8 Å². The fourth-order valence-electron chi connectivity index (χ4n) is 5.29. The van der Waals surface area contributed by atoms with Crippen molar-refractivity contribution in [3.05, 3.63) is 119 Å². The Balaban J connectivity index is 1.57. The molecule has 0 spiro atoms. The van der Waals surface area contributed by atoms with Crippen molar-refractivity contribution in [1.82, 2.24) is 4.57 Å². The molecule has 7 nitrogen and oxygen atoms in total. The molecule has 0 N–H and O–H groups in total. The maximum absolute atomic E-state index is 14.1. The zero-order chi connectivity index (χ0) is 27.8. The van der Waals surface area contributed by atoms with Crippen LogP contribution in [0.1, 0.15) is 34.7 Å². The van der Waals surface area contributed by atoms with Gasteiger partial charge in [-0.2, -0.15) is 0 Å². The van der Waals surface area contributed by atoms with E-state index in [0.29, 0.717) is 31.4 Å². The molecule has 0 fully saturated rings. The summed E-state index contributed by atoms with van der Waals surface area (Å²) >= 11 is 8.04. The summed E-state index contributed by atoms with van der Waals surface area (Å²) in [6.45, 7) is -0.294. The smallest absolute Gasteiger partial charge is 0.343 e. The van der Waals surface area contributed by atoms with Crippen LogP contribution >= 0.6 is 22.9 Å². The average molecular weight is 573 g/mol. The number of esters is 1. The summed E-state index contributed by atoms with van der Waals surface area (Å²) in [5, 5.41) is 0.598. The predicted molar refractivity (Wildman–Crippen MR) is 155 cm³/mol. The molecule has 40 heavy (non-hydrogen) atoms. The van der Waals surface area contributed by atoms with Gasteiger partial charge < -0.3 is 14.2 Å². The lowest BCUT2D eigenvalue weighted by Crippen LogP contribution is -2.38. The van der Waals surface area contributed by atoms with Crippen LogP contribution in [0.25, 0.3) is 11.8 Å². The first-order chi connectivity index (χ1) is 19.5. The molecule has 0 bridgehead atoms. The molecule has 0 saturated carbocycles. The topological polar surface area (TPSA) is 79.1 Å². The summed E-state index contributed by atoms with van der Waals surface area (Å²) in [6.07, 6.45) is 3.39. The van der Waals surface area contributed by atoms with Crippen molar-refractivity contribution in [3.8, 4) is 11.5 Å². The van der Waals surface area contributed by atoms with E-state index in [9.17, 15) is 9.59 Å². The summed E-state index contributed by atoms with van der Waals surface area (Å²) < 4.78 is 18.2. The second-order valence-electron chi connectivity index (χ2n) is 9.38. The number of hydrogen-bond acceptors (Lipinski definition) is 7. The molecule has 2 heterocycles. The van der Waals surface area contributed by atoms with Gasteiger partial charge >= 0.3 is 5.97 Å². The minimum atomic E-state index is -0.526. The predicted octanol–water partition coefficient (Wildman–Crippen LogP) is 4.53. The number of methoxy groups -OCH3 is 2. The minimum Gasteiger partial charge on any atom is -0.493 e. The first kappa shape index (κ1) is 26.1. The Labute approximate surface area is 239 Å². The van der Waals surface area contributed by atoms with Crippen molar-refractivity contribution in [2.24, 2.45) is 4.99 Å². The second kappa shape index (κ2) is 10.8. The summed E-state index contributed by atoms with van der Waals surface area (Å²) in [6, 6.07) is 20.9. The van der Waals surface area contributed by atoms with Crippen molar-refractivity contribution in [1.29, 1.82) is 0 Å². The maximum Gasteiger partial charge on any atom is 0.343 e. The molecule has 202 valence electrons. The molecule has 3 aromatic carbocycles. The Bertz CT molecular complexity index is 1860. The highest BCUT2D eigenvalue weighted by Gasteiger charge is 2.33. The lowest BCUT2D eigenvalue weighted by Gasteiger charge is -2.31. The largest absolute Gasteiger partial charge is 0.493 e. The van der Waals surface area contributed by atoms with Gasteiger partial charge in [0, 0.05) is 16.1 Å². The molecule has 0 amide bonds. The fraction of sp³-hybridized carbons (Fsp3) is 0.194. The van der Waals surface area contributed by atoms with Gasteiger partial charge in [0.25, 0.3) is 5.56 Å². The number of aromatic nitrogens is 1. The van der Waals surface area contributed by atoms with Gasteiger partial charge in [0.15, 0.2) is 22.9 Å². The first-order valence-electron chi connectivity index (χ1n) is 12.7. The Morgan fingerprint density at radius 3 is 2.67 bits per heavy atom. The summed E-state index contributed by atoms with van der Waals surface area (Å²) in [7, 11) is 2.81. The SMILES string of the molecule is COC(=O)COc1c(C=c2sc3n(c2=O)C(c2ccccc2Cl)C2=C(N=3)c3ccccc3CC2)cccc1OC. The van der Waals surface area contributed by atoms with Crippen molar-refractivity contribution in [2.75, 3.05) is 20.8 Å². The molecule has 0 radical (unpaired) electrons. The molecule has 4 aromatic rings. The van der Waals surface area contributed by atoms with Crippen LogP contribution in [0.15, 0.2) is 82.1 Å². The van der Waals surface area contributed by atoms with E-state index >= 15 is 0 Å². The standard InChI is InChI=1S/C31H25ClN2O5S/c1-37-24-13-7-9-19(29(24)39-17-26(35)38-2)16-25-30(36)34-28(21-11-5-6-12-23(21)32)22-15-14-18-8-3-4-10-20(18)27(22)33-31(34)40-25/h3-13,16,28H,14-15,17H2,1-2H3. The number of fused-ring (bicyclic) bond motifs is 3. The van der Waals surface area contributed by atoms with Crippen LogP contribution in [0.4, 0.5) is 0 Å². The lowest BCUT2D eigenvalue weighted by atomic mass is 9.83. The van der Waals surface area contributed by atoms with Gasteiger partial charge in [0.2, 0.25) is 0 Å². The monoisotopic (exact) mass is 572 g/mol. The number of benzene rings is 3. The van der Waals surface area contributed by atoms with Gasteiger partial charge in [-0.05, 0) is 47.8 Å². The molecule has 0 saturated heterocycles. The number of allylic oxidation sites excluding steroid dienone is 1. The summed E-state index contributed by atoms with van der Waals surface area (Å²) in [5.74, 6) is 0.255. The van der Waals surface area contributed by atoms with Gasteiger partial charge in [-0.25, -0.2) is 9.79 Å². The second-order valence-corrected chi connectivity index (χ2v) is 10.8. The van der Waals surface area contributed by atoms with E-state index in [4.69, 9.17) is 30.8 Å². The fourth-order valence-corrected chi connectivity index (χ4v) is 6.52. The van der Waals surface area contributed by atoms with Crippen molar-refractivity contribution in [2.45, 2.75) is 18.9 Å².